The highest BCUT2D eigenvalue weighted by Crippen LogP contribution is 2.23. The number of benzene rings is 2. The highest BCUT2D eigenvalue weighted by Gasteiger charge is 2.33. The van der Waals surface area contributed by atoms with Crippen LogP contribution in [0, 0.1) is 6.92 Å². The zero-order valence-corrected chi connectivity index (χ0v) is 25.0. The summed E-state index contributed by atoms with van der Waals surface area (Å²) in [5, 5.41) is 0.585. The van der Waals surface area contributed by atoms with Crippen molar-refractivity contribution < 1.29 is 18.0 Å². The molecule has 0 saturated carbocycles. The topological polar surface area (TPSA) is 78.0 Å². The fraction of sp³-hybridized carbons (Fsp3) is 0.533. The van der Waals surface area contributed by atoms with Gasteiger partial charge in [0.1, 0.15) is 0 Å². The number of nitrogens with zero attached hydrogens (tertiary/aromatic N) is 3. The molecule has 1 heterocycles. The maximum atomic E-state index is 13.8. The fourth-order valence-electron chi connectivity index (χ4n) is 5.00. The second kappa shape index (κ2) is 14.8. The zero-order valence-electron chi connectivity index (χ0n) is 23.4. The summed E-state index contributed by atoms with van der Waals surface area (Å²) in [7, 11) is -3.84. The van der Waals surface area contributed by atoms with E-state index in [1.54, 1.807) is 35.2 Å². The number of rotatable bonds is 13. The van der Waals surface area contributed by atoms with Crippen LogP contribution in [-0.4, -0.2) is 66.6 Å². The van der Waals surface area contributed by atoms with Gasteiger partial charge in [0.2, 0.25) is 21.8 Å². The molecule has 0 atom stereocenters. The molecule has 3 rings (SSSR count). The number of carbonyl (C=O) groups is 2. The van der Waals surface area contributed by atoms with E-state index in [0.717, 1.165) is 30.4 Å². The van der Waals surface area contributed by atoms with Crippen molar-refractivity contribution in [3.8, 4) is 0 Å². The first-order valence-electron chi connectivity index (χ1n) is 14.0. The average Bonchev–Trinajstić information content (AvgIpc) is 2.92. The van der Waals surface area contributed by atoms with Crippen LogP contribution in [0.1, 0.15) is 69.9 Å². The monoisotopic (exact) mass is 575 g/mol. The van der Waals surface area contributed by atoms with Gasteiger partial charge in [0, 0.05) is 43.7 Å². The molecule has 2 aromatic rings. The molecule has 0 radical (unpaired) electrons. The summed E-state index contributed by atoms with van der Waals surface area (Å²) in [5.41, 5.74) is 1.85. The van der Waals surface area contributed by atoms with E-state index in [2.05, 4.69) is 6.92 Å². The van der Waals surface area contributed by atoms with Crippen LogP contribution in [0.2, 0.25) is 5.02 Å². The summed E-state index contributed by atoms with van der Waals surface area (Å²) in [4.78, 5) is 30.4. The summed E-state index contributed by atoms with van der Waals surface area (Å²) < 4.78 is 28.3. The van der Waals surface area contributed by atoms with Gasteiger partial charge < -0.3 is 9.80 Å². The Balaban J connectivity index is 1.79. The predicted molar refractivity (Wildman–Crippen MR) is 156 cm³/mol. The minimum absolute atomic E-state index is 0.0956. The van der Waals surface area contributed by atoms with Crippen LogP contribution in [0.4, 0.5) is 0 Å². The van der Waals surface area contributed by atoms with Crippen LogP contribution in [0.15, 0.2) is 53.4 Å². The zero-order chi connectivity index (χ0) is 28.4. The minimum atomic E-state index is -3.84. The summed E-state index contributed by atoms with van der Waals surface area (Å²) in [6.07, 6.45) is 5.48. The number of amides is 2. The van der Waals surface area contributed by atoms with E-state index >= 15 is 0 Å². The van der Waals surface area contributed by atoms with Crippen LogP contribution >= 0.6 is 11.6 Å². The van der Waals surface area contributed by atoms with Crippen molar-refractivity contribution in [2.45, 2.75) is 83.2 Å². The van der Waals surface area contributed by atoms with Crippen LogP contribution in [-0.2, 0) is 26.2 Å². The van der Waals surface area contributed by atoms with E-state index in [9.17, 15) is 18.0 Å². The quantitative estimate of drug-likeness (QED) is 0.289. The Labute approximate surface area is 239 Å². The third-order valence-corrected chi connectivity index (χ3v) is 9.35. The van der Waals surface area contributed by atoms with Gasteiger partial charge in [-0.05, 0) is 62.4 Å². The molecule has 1 aliphatic rings. The van der Waals surface area contributed by atoms with Crippen LogP contribution in [0.5, 0.6) is 0 Å². The molecule has 9 heteroatoms. The smallest absolute Gasteiger partial charge is 0.243 e. The first-order valence-corrected chi connectivity index (χ1v) is 15.9. The lowest BCUT2D eigenvalue weighted by Crippen LogP contribution is -2.51. The second-order valence-corrected chi connectivity index (χ2v) is 12.7. The molecule has 0 aliphatic carbocycles. The first kappa shape index (κ1) is 31.1. The van der Waals surface area contributed by atoms with Crippen molar-refractivity contribution in [3.05, 3.63) is 64.7 Å². The Kier molecular flexibility index (Phi) is 11.8. The maximum absolute atomic E-state index is 13.8. The Morgan fingerprint density at radius 1 is 1.00 bits per heavy atom. The third kappa shape index (κ3) is 8.78. The van der Waals surface area contributed by atoms with Crippen LogP contribution in [0.3, 0.4) is 0 Å². The molecule has 0 bridgehead atoms. The van der Waals surface area contributed by atoms with Gasteiger partial charge in [0.05, 0.1) is 11.4 Å². The Bertz CT molecular complexity index is 1190. The Hall–Kier alpha value is -2.42. The lowest BCUT2D eigenvalue weighted by Gasteiger charge is -2.39. The summed E-state index contributed by atoms with van der Waals surface area (Å²) in [6.45, 7) is 7.46. The van der Waals surface area contributed by atoms with Crippen molar-refractivity contribution >= 4 is 33.4 Å². The fourth-order valence-corrected chi connectivity index (χ4v) is 6.69. The van der Waals surface area contributed by atoms with Gasteiger partial charge in [0.15, 0.2) is 0 Å². The SMILES string of the molecule is CCCCCC(=O)N1CCC(N(Cc2cccc(Cl)c2)C(=O)CN(CCC)S(=O)(=O)c2ccc(C)cc2)CC1. The van der Waals surface area contributed by atoms with Crippen LogP contribution in [0.25, 0.3) is 0 Å². The Morgan fingerprint density at radius 3 is 2.31 bits per heavy atom. The minimum Gasteiger partial charge on any atom is -0.343 e. The normalized spacial score (nSPS) is 14.5. The van der Waals surface area contributed by atoms with Gasteiger partial charge in [-0.3, -0.25) is 9.59 Å². The summed E-state index contributed by atoms with van der Waals surface area (Å²) >= 11 is 6.23. The molecule has 7 nitrogen and oxygen atoms in total. The number of aryl methyl sites for hydroxylation is 1. The summed E-state index contributed by atoms with van der Waals surface area (Å²) in [5.74, 6) is -0.0697. The van der Waals surface area contributed by atoms with Gasteiger partial charge >= 0.3 is 0 Å². The maximum Gasteiger partial charge on any atom is 0.243 e. The van der Waals surface area contributed by atoms with E-state index in [1.807, 2.05) is 36.9 Å². The van der Waals surface area contributed by atoms with E-state index < -0.39 is 10.0 Å². The molecule has 1 fully saturated rings. The van der Waals surface area contributed by atoms with E-state index in [1.165, 1.54) is 4.31 Å². The van der Waals surface area contributed by atoms with Gasteiger partial charge in [-0.25, -0.2) is 8.42 Å². The number of unbranched alkanes of at least 4 members (excludes halogenated alkanes) is 2. The molecule has 0 unspecified atom stereocenters. The molecule has 0 aromatic heterocycles. The standard InChI is InChI=1S/C30H42ClN3O4S/c1-4-6-7-11-29(35)32-19-16-27(17-20-32)34(22-25-9-8-10-26(31)21-25)30(36)23-33(18-5-2)39(37,38)28-14-12-24(3)13-15-28/h8-10,12-15,21,27H,4-7,11,16-20,22-23H2,1-3H3. The molecule has 2 amide bonds. The first-order chi connectivity index (χ1) is 18.6. The van der Waals surface area contributed by atoms with Gasteiger partial charge in [0.25, 0.3) is 0 Å². The van der Waals surface area contributed by atoms with Crippen molar-refractivity contribution in [3.63, 3.8) is 0 Å². The van der Waals surface area contributed by atoms with E-state index in [-0.39, 0.29) is 35.8 Å². The lowest BCUT2D eigenvalue weighted by atomic mass is 10.0. The van der Waals surface area contributed by atoms with Crippen molar-refractivity contribution in [2.75, 3.05) is 26.2 Å². The Morgan fingerprint density at radius 2 is 1.69 bits per heavy atom. The molecular weight excluding hydrogens is 534 g/mol. The van der Waals surface area contributed by atoms with Gasteiger partial charge in [-0.15, -0.1) is 0 Å². The predicted octanol–water partition coefficient (Wildman–Crippen LogP) is 5.65. The van der Waals surface area contributed by atoms with Crippen LogP contribution < -0.4 is 0 Å². The molecule has 39 heavy (non-hydrogen) atoms. The number of hydrogen-bond acceptors (Lipinski definition) is 4. The molecule has 0 spiro atoms. The van der Waals surface area contributed by atoms with Crippen molar-refractivity contribution in [2.24, 2.45) is 0 Å². The number of halogens is 1. The average molecular weight is 576 g/mol. The van der Waals surface area contributed by atoms with E-state index in [0.29, 0.717) is 50.3 Å². The lowest BCUT2D eigenvalue weighted by molar-refractivity contribution is -0.137. The van der Waals surface area contributed by atoms with Crippen molar-refractivity contribution in [1.29, 1.82) is 0 Å². The second-order valence-electron chi connectivity index (χ2n) is 10.4. The number of carbonyl (C=O) groups excluding carboxylic acids is 2. The molecular formula is C30H42ClN3O4S. The van der Waals surface area contributed by atoms with E-state index in [4.69, 9.17) is 11.6 Å². The molecule has 2 aromatic carbocycles. The molecule has 1 saturated heterocycles. The molecule has 0 N–H and O–H groups in total. The van der Waals surface area contributed by atoms with Crippen molar-refractivity contribution in [1.82, 2.24) is 14.1 Å². The highest BCUT2D eigenvalue weighted by atomic mass is 35.5. The molecule has 1 aliphatic heterocycles. The highest BCUT2D eigenvalue weighted by molar-refractivity contribution is 7.89. The number of sulfonamides is 1. The molecule has 214 valence electrons. The van der Waals surface area contributed by atoms with Gasteiger partial charge in [-0.1, -0.05) is 68.1 Å². The third-order valence-electron chi connectivity index (χ3n) is 7.26. The largest absolute Gasteiger partial charge is 0.343 e. The number of likely N-dealkylation sites (tertiary alicyclic amines) is 1. The van der Waals surface area contributed by atoms with Gasteiger partial charge in [-0.2, -0.15) is 4.31 Å². The number of piperidine rings is 1. The number of hydrogen-bond donors (Lipinski definition) is 0. The summed E-state index contributed by atoms with van der Waals surface area (Å²) in [6, 6.07) is 14.0.